The van der Waals surface area contributed by atoms with Gasteiger partial charge in [-0.2, -0.15) is 0 Å². The van der Waals surface area contributed by atoms with Crippen LogP contribution in [0.2, 0.25) is 0 Å². The first-order valence-electron chi connectivity index (χ1n) is 6.57. The molecule has 0 bridgehead atoms. The number of ether oxygens (including phenoxy) is 1. The van der Waals surface area contributed by atoms with E-state index in [0.29, 0.717) is 6.04 Å². The van der Waals surface area contributed by atoms with Crippen molar-refractivity contribution in [3.63, 3.8) is 0 Å². The average Bonchev–Trinajstić information content (AvgIpc) is 2.29. The van der Waals surface area contributed by atoms with E-state index < -0.39 is 0 Å². The van der Waals surface area contributed by atoms with Gasteiger partial charge in [0.1, 0.15) is 0 Å². The molecule has 3 heteroatoms. The lowest BCUT2D eigenvalue weighted by atomic mass is 9.87. The van der Waals surface area contributed by atoms with Gasteiger partial charge in [-0.1, -0.05) is 27.2 Å². The van der Waals surface area contributed by atoms with Crippen molar-refractivity contribution in [2.75, 3.05) is 26.8 Å². The van der Waals surface area contributed by atoms with E-state index in [1.165, 1.54) is 12.8 Å². The second-order valence-corrected chi connectivity index (χ2v) is 4.62. The van der Waals surface area contributed by atoms with E-state index in [4.69, 9.17) is 10.5 Å². The molecule has 98 valence electrons. The third kappa shape index (κ3) is 3.72. The highest BCUT2D eigenvalue weighted by Crippen LogP contribution is 2.26. The Morgan fingerprint density at radius 3 is 2.25 bits per heavy atom. The highest BCUT2D eigenvalue weighted by Gasteiger charge is 2.34. The molecule has 0 aromatic rings. The van der Waals surface area contributed by atoms with Crippen LogP contribution in [0.1, 0.15) is 47.0 Å². The quantitative estimate of drug-likeness (QED) is 0.660. The molecular formula is C13H30N2O. The summed E-state index contributed by atoms with van der Waals surface area (Å²) in [5, 5.41) is 0. The molecule has 2 N–H and O–H groups in total. The first kappa shape index (κ1) is 15.9. The number of hydrogen-bond donors (Lipinski definition) is 1. The van der Waals surface area contributed by atoms with Gasteiger partial charge in [0, 0.05) is 25.2 Å². The Hall–Kier alpha value is -0.120. The zero-order valence-electron chi connectivity index (χ0n) is 11.8. The number of nitrogens with zero attached hydrogens (tertiary/aromatic N) is 1. The maximum absolute atomic E-state index is 6.03. The molecule has 16 heavy (non-hydrogen) atoms. The van der Waals surface area contributed by atoms with Gasteiger partial charge in [-0.25, -0.2) is 0 Å². The summed E-state index contributed by atoms with van der Waals surface area (Å²) in [7, 11) is 1.76. The lowest BCUT2D eigenvalue weighted by molar-refractivity contribution is 0.0121. The average molecular weight is 230 g/mol. The number of likely N-dealkylation sites (N-methyl/N-ethyl adjacent to an activating group) is 1. The highest BCUT2D eigenvalue weighted by molar-refractivity contribution is 4.92. The summed E-state index contributed by atoms with van der Waals surface area (Å²) < 4.78 is 5.27. The van der Waals surface area contributed by atoms with E-state index in [1.54, 1.807) is 7.11 Å². The van der Waals surface area contributed by atoms with Crippen LogP contribution in [0, 0.1) is 0 Å². The SMILES string of the molecule is CCCC(CC)(CN)N(CC)C(C)COC. The molecule has 0 aliphatic rings. The number of rotatable bonds is 9. The van der Waals surface area contributed by atoms with Crippen LogP contribution in [-0.2, 0) is 4.74 Å². The molecular weight excluding hydrogens is 200 g/mol. The monoisotopic (exact) mass is 230 g/mol. The Morgan fingerprint density at radius 2 is 1.94 bits per heavy atom. The third-order valence-electron chi connectivity index (χ3n) is 3.64. The van der Waals surface area contributed by atoms with Gasteiger partial charge < -0.3 is 10.5 Å². The second-order valence-electron chi connectivity index (χ2n) is 4.62. The fourth-order valence-electron chi connectivity index (χ4n) is 2.80. The third-order valence-corrected chi connectivity index (χ3v) is 3.64. The van der Waals surface area contributed by atoms with Gasteiger partial charge in [0.2, 0.25) is 0 Å². The smallest absolute Gasteiger partial charge is 0.0615 e. The molecule has 0 aromatic heterocycles. The van der Waals surface area contributed by atoms with Crippen molar-refractivity contribution in [2.24, 2.45) is 5.73 Å². The summed E-state index contributed by atoms with van der Waals surface area (Å²) in [5.74, 6) is 0. The van der Waals surface area contributed by atoms with Crippen molar-refractivity contribution in [2.45, 2.75) is 58.5 Å². The molecule has 0 saturated carbocycles. The molecule has 0 amide bonds. The zero-order chi connectivity index (χ0) is 12.6. The van der Waals surface area contributed by atoms with Gasteiger partial charge in [0.15, 0.2) is 0 Å². The van der Waals surface area contributed by atoms with Crippen LogP contribution < -0.4 is 5.73 Å². The van der Waals surface area contributed by atoms with Gasteiger partial charge in [0.05, 0.1) is 6.61 Å². The number of hydrogen-bond acceptors (Lipinski definition) is 3. The molecule has 2 unspecified atom stereocenters. The predicted octanol–water partition coefficient (Wildman–Crippen LogP) is 2.25. The lowest BCUT2D eigenvalue weighted by Crippen LogP contribution is -2.57. The van der Waals surface area contributed by atoms with Gasteiger partial charge >= 0.3 is 0 Å². The van der Waals surface area contributed by atoms with E-state index in [0.717, 1.165) is 26.1 Å². The molecule has 0 aliphatic heterocycles. The second kappa shape index (κ2) is 8.04. The number of methoxy groups -OCH3 is 1. The molecule has 0 heterocycles. The molecule has 0 radical (unpaired) electrons. The van der Waals surface area contributed by atoms with Crippen molar-refractivity contribution in [3.05, 3.63) is 0 Å². The zero-order valence-corrected chi connectivity index (χ0v) is 11.8. The highest BCUT2D eigenvalue weighted by atomic mass is 16.5. The van der Waals surface area contributed by atoms with Crippen molar-refractivity contribution < 1.29 is 4.74 Å². The molecule has 0 saturated heterocycles. The maximum Gasteiger partial charge on any atom is 0.0615 e. The Kier molecular flexibility index (Phi) is 7.98. The summed E-state index contributed by atoms with van der Waals surface area (Å²) >= 11 is 0. The van der Waals surface area contributed by atoms with Crippen LogP contribution in [0.5, 0.6) is 0 Å². The number of nitrogens with two attached hydrogens (primary N) is 1. The first-order valence-corrected chi connectivity index (χ1v) is 6.57. The minimum atomic E-state index is 0.154. The molecule has 0 fully saturated rings. The van der Waals surface area contributed by atoms with Crippen LogP contribution in [0.3, 0.4) is 0 Å². The van der Waals surface area contributed by atoms with Crippen molar-refractivity contribution >= 4 is 0 Å². The van der Waals surface area contributed by atoms with Crippen LogP contribution >= 0.6 is 0 Å². The molecule has 0 rings (SSSR count). The molecule has 0 spiro atoms. The summed E-state index contributed by atoms with van der Waals surface area (Å²) in [6, 6.07) is 0.435. The van der Waals surface area contributed by atoms with E-state index in [2.05, 4.69) is 32.6 Å². The molecule has 2 atom stereocenters. The van der Waals surface area contributed by atoms with Crippen molar-refractivity contribution in [3.8, 4) is 0 Å². The van der Waals surface area contributed by atoms with E-state index in [1.807, 2.05) is 0 Å². The van der Waals surface area contributed by atoms with Crippen LogP contribution in [0.4, 0.5) is 0 Å². The van der Waals surface area contributed by atoms with Gasteiger partial charge in [-0.05, 0) is 26.3 Å². The predicted molar refractivity (Wildman–Crippen MR) is 70.7 cm³/mol. The Labute approximate surface area is 101 Å². The normalized spacial score (nSPS) is 17.4. The van der Waals surface area contributed by atoms with Crippen LogP contribution in [0.15, 0.2) is 0 Å². The van der Waals surface area contributed by atoms with E-state index in [-0.39, 0.29) is 5.54 Å². The standard InChI is InChI=1S/C13H30N2O/c1-6-9-13(7-2,11-14)15(8-3)12(4)10-16-5/h12H,6-11,14H2,1-5H3. The summed E-state index contributed by atoms with van der Waals surface area (Å²) in [6.45, 7) is 11.5. The Bertz CT molecular complexity index is 169. The summed E-state index contributed by atoms with van der Waals surface area (Å²) in [6.07, 6.45) is 3.46. The molecule has 3 nitrogen and oxygen atoms in total. The van der Waals surface area contributed by atoms with E-state index in [9.17, 15) is 0 Å². The van der Waals surface area contributed by atoms with Gasteiger partial charge in [-0.15, -0.1) is 0 Å². The molecule has 0 aliphatic carbocycles. The van der Waals surface area contributed by atoms with Crippen LogP contribution in [-0.4, -0.2) is 43.3 Å². The summed E-state index contributed by atoms with van der Waals surface area (Å²) in [4.78, 5) is 2.51. The van der Waals surface area contributed by atoms with E-state index >= 15 is 0 Å². The minimum Gasteiger partial charge on any atom is -0.383 e. The fraction of sp³-hybridized carbons (Fsp3) is 1.00. The fourth-order valence-corrected chi connectivity index (χ4v) is 2.80. The Balaban J connectivity index is 4.81. The Morgan fingerprint density at radius 1 is 1.31 bits per heavy atom. The van der Waals surface area contributed by atoms with Crippen molar-refractivity contribution in [1.29, 1.82) is 0 Å². The largest absolute Gasteiger partial charge is 0.383 e. The minimum absolute atomic E-state index is 0.154. The van der Waals surface area contributed by atoms with Gasteiger partial charge in [-0.3, -0.25) is 4.90 Å². The van der Waals surface area contributed by atoms with Crippen LogP contribution in [0.25, 0.3) is 0 Å². The maximum atomic E-state index is 6.03. The first-order chi connectivity index (χ1) is 7.61. The topological polar surface area (TPSA) is 38.5 Å². The molecule has 0 aromatic carbocycles. The summed E-state index contributed by atoms with van der Waals surface area (Å²) in [5.41, 5.74) is 6.19. The van der Waals surface area contributed by atoms with Crippen molar-refractivity contribution in [1.82, 2.24) is 4.90 Å². The van der Waals surface area contributed by atoms with Gasteiger partial charge in [0.25, 0.3) is 0 Å². The lowest BCUT2D eigenvalue weighted by Gasteiger charge is -2.46.